The maximum atomic E-state index is 11.7. The second kappa shape index (κ2) is 4.77. The summed E-state index contributed by atoms with van der Waals surface area (Å²) in [7, 11) is 0. The van der Waals surface area contributed by atoms with Gasteiger partial charge in [-0.25, -0.2) is 4.68 Å². The van der Waals surface area contributed by atoms with Crippen molar-refractivity contribution >= 4 is 5.91 Å². The molecule has 0 bridgehead atoms. The van der Waals surface area contributed by atoms with Gasteiger partial charge in [0.1, 0.15) is 6.54 Å². The van der Waals surface area contributed by atoms with Crippen LogP contribution in [-0.2, 0) is 11.3 Å². The first-order valence-corrected chi connectivity index (χ1v) is 5.77. The number of hydrogen-bond acceptors (Lipinski definition) is 4. The lowest BCUT2D eigenvalue weighted by molar-refractivity contribution is -0.125. The van der Waals surface area contributed by atoms with Crippen LogP contribution in [0.2, 0.25) is 0 Å². The Kier molecular flexibility index (Phi) is 3.33. The number of aliphatic hydroxyl groups is 1. The predicted octanol–water partition coefficient (Wildman–Crippen LogP) is -1.43. The third-order valence-electron chi connectivity index (χ3n) is 3.21. The van der Waals surface area contributed by atoms with Gasteiger partial charge in [0.25, 0.3) is 11.1 Å². The van der Waals surface area contributed by atoms with Gasteiger partial charge in [-0.3, -0.25) is 19.5 Å². The average molecular weight is 253 g/mol. The summed E-state index contributed by atoms with van der Waals surface area (Å²) in [5.74, 6) is -0.396. The first-order valence-electron chi connectivity index (χ1n) is 5.77. The van der Waals surface area contributed by atoms with Crippen molar-refractivity contribution in [3.8, 4) is 0 Å². The molecule has 98 valence electrons. The van der Waals surface area contributed by atoms with Crippen LogP contribution in [0.1, 0.15) is 19.3 Å². The lowest BCUT2D eigenvalue weighted by Gasteiger charge is -2.40. The molecular formula is C11H15N3O4. The number of amides is 1. The molecule has 1 aromatic rings. The molecule has 1 saturated carbocycles. The smallest absolute Gasteiger partial charge is 0.265 e. The molecule has 0 aliphatic heterocycles. The Morgan fingerprint density at radius 3 is 2.72 bits per heavy atom. The van der Waals surface area contributed by atoms with Gasteiger partial charge in [0.05, 0.1) is 12.1 Å². The van der Waals surface area contributed by atoms with E-state index in [9.17, 15) is 19.5 Å². The van der Waals surface area contributed by atoms with Crippen molar-refractivity contribution in [3.63, 3.8) is 0 Å². The number of rotatable bonds is 4. The van der Waals surface area contributed by atoms with E-state index < -0.39 is 22.6 Å². The zero-order chi connectivity index (χ0) is 13.2. The van der Waals surface area contributed by atoms with Crippen molar-refractivity contribution in [1.82, 2.24) is 15.1 Å². The summed E-state index contributed by atoms with van der Waals surface area (Å²) in [5, 5.41) is 14.2. The molecule has 2 rings (SSSR count). The van der Waals surface area contributed by atoms with E-state index in [1.807, 2.05) is 0 Å². The Labute approximate surface area is 102 Å². The SMILES string of the molecule is O=C(Cn1[nH]c(=O)ccc1=O)NC1(CO)CCC1. The van der Waals surface area contributed by atoms with Crippen LogP contribution in [0.25, 0.3) is 0 Å². The number of carbonyl (C=O) groups excluding carboxylic acids is 1. The number of aliphatic hydroxyl groups excluding tert-OH is 1. The third kappa shape index (κ3) is 2.51. The van der Waals surface area contributed by atoms with Crippen LogP contribution in [0.3, 0.4) is 0 Å². The van der Waals surface area contributed by atoms with E-state index in [1.165, 1.54) is 0 Å². The standard InChI is InChI=1S/C11H15N3O4/c15-7-11(4-1-5-11)12-9(17)6-14-10(18)3-2-8(16)13-14/h2-3,15H,1,4-7H2,(H,12,17)(H,13,16). The van der Waals surface area contributed by atoms with Gasteiger partial charge < -0.3 is 10.4 Å². The van der Waals surface area contributed by atoms with Gasteiger partial charge in [0.15, 0.2) is 0 Å². The fraction of sp³-hybridized carbons (Fsp3) is 0.545. The maximum Gasteiger partial charge on any atom is 0.265 e. The molecule has 1 aromatic heterocycles. The van der Waals surface area contributed by atoms with Crippen LogP contribution in [0, 0.1) is 0 Å². The summed E-state index contributed by atoms with van der Waals surface area (Å²) in [6, 6.07) is 2.22. The van der Waals surface area contributed by atoms with E-state index in [-0.39, 0.29) is 13.2 Å². The van der Waals surface area contributed by atoms with Crippen molar-refractivity contribution in [2.75, 3.05) is 6.61 Å². The summed E-state index contributed by atoms with van der Waals surface area (Å²) in [6.07, 6.45) is 2.42. The fourth-order valence-electron chi connectivity index (χ4n) is 1.98. The second-order valence-corrected chi connectivity index (χ2v) is 4.57. The van der Waals surface area contributed by atoms with Gasteiger partial charge >= 0.3 is 0 Å². The Balaban J connectivity index is 2.05. The monoisotopic (exact) mass is 253 g/mol. The Hall–Kier alpha value is -1.89. The zero-order valence-electron chi connectivity index (χ0n) is 9.81. The lowest BCUT2D eigenvalue weighted by Crippen LogP contribution is -2.57. The quantitative estimate of drug-likeness (QED) is 0.611. The molecule has 0 unspecified atom stereocenters. The highest BCUT2D eigenvalue weighted by atomic mass is 16.3. The minimum atomic E-state index is -0.546. The fourth-order valence-corrected chi connectivity index (χ4v) is 1.98. The van der Waals surface area contributed by atoms with Crippen molar-refractivity contribution < 1.29 is 9.90 Å². The van der Waals surface area contributed by atoms with Crippen LogP contribution in [0.5, 0.6) is 0 Å². The van der Waals surface area contributed by atoms with Gasteiger partial charge in [-0.05, 0) is 19.3 Å². The largest absolute Gasteiger partial charge is 0.394 e. The van der Waals surface area contributed by atoms with Gasteiger partial charge in [-0.1, -0.05) is 0 Å². The van der Waals surface area contributed by atoms with Crippen LogP contribution in [-0.4, -0.2) is 32.9 Å². The molecular weight excluding hydrogens is 238 g/mol. The number of aromatic amines is 1. The van der Waals surface area contributed by atoms with E-state index in [0.717, 1.165) is 36.1 Å². The molecule has 1 fully saturated rings. The first-order chi connectivity index (χ1) is 8.54. The molecule has 0 saturated heterocycles. The van der Waals surface area contributed by atoms with Crippen LogP contribution in [0.4, 0.5) is 0 Å². The van der Waals surface area contributed by atoms with E-state index in [2.05, 4.69) is 10.4 Å². The normalized spacial score (nSPS) is 16.9. The molecule has 3 N–H and O–H groups in total. The van der Waals surface area contributed by atoms with Crippen LogP contribution >= 0.6 is 0 Å². The van der Waals surface area contributed by atoms with Gasteiger partial charge in [-0.15, -0.1) is 0 Å². The highest BCUT2D eigenvalue weighted by Crippen LogP contribution is 2.30. The molecule has 1 amide bonds. The molecule has 0 atom stereocenters. The molecule has 7 nitrogen and oxygen atoms in total. The summed E-state index contributed by atoms with van der Waals surface area (Å²) in [4.78, 5) is 34.2. The van der Waals surface area contributed by atoms with Gasteiger partial charge in [0, 0.05) is 12.1 Å². The second-order valence-electron chi connectivity index (χ2n) is 4.57. The zero-order valence-corrected chi connectivity index (χ0v) is 9.81. The van der Waals surface area contributed by atoms with Crippen molar-refractivity contribution in [2.24, 2.45) is 0 Å². The summed E-state index contributed by atoms with van der Waals surface area (Å²) < 4.78 is 0.946. The molecule has 18 heavy (non-hydrogen) atoms. The number of nitrogens with zero attached hydrogens (tertiary/aromatic N) is 1. The maximum absolute atomic E-state index is 11.7. The summed E-state index contributed by atoms with van der Waals surface area (Å²) in [5.41, 5.74) is -1.44. The Morgan fingerprint density at radius 2 is 2.17 bits per heavy atom. The van der Waals surface area contributed by atoms with E-state index in [0.29, 0.717) is 0 Å². The Bertz CT molecular complexity index is 550. The highest BCUT2D eigenvalue weighted by molar-refractivity contribution is 5.76. The predicted molar refractivity (Wildman–Crippen MR) is 63.1 cm³/mol. The topological polar surface area (TPSA) is 104 Å². The molecule has 1 heterocycles. The molecule has 1 aliphatic carbocycles. The number of nitrogens with one attached hydrogen (secondary N) is 2. The van der Waals surface area contributed by atoms with Crippen LogP contribution < -0.4 is 16.4 Å². The molecule has 0 spiro atoms. The van der Waals surface area contributed by atoms with Crippen LogP contribution in [0.15, 0.2) is 21.7 Å². The Morgan fingerprint density at radius 1 is 1.44 bits per heavy atom. The summed E-state index contributed by atoms with van der Waals surface area (Å²) in [6.45, 7) is -0.365. The highest BCUT2D eigenvalue weighted by Gasteiger charge is 2.37. The minimum absolute atomic E-state index is 0.112. The molecule has 1 aliphatic rings. The number of H-pyrrole nitrogens is 1. The van der Waals surface area contributed by atoms with Gasteiger partial charge in [0.2, 0.25) is 5.91 Å². The molecule has 7 heteroatoms. The molecule has 0 radical (unpaired) electrons. The third-order valence-corrected chi connectivity index (χ3v) is 3.21. The van der Waals surface area contributed by atoms with Crippen molar-refractivity contribution in [3.05, 3.63) is 32.8 Å². The number of aromatic nitrogens is 2. The van der Waals surface area contributed by atoms with E-state index in [1.54, 1.807) is 0 Å². The number of carbonyl (C=O) groups is 1. The number of hydrogen-bond donors (Lipinski definition) is 3. The first kappa shape index (κ1) is 12.6. The summed E-state index contributed by atoms with van der Waals surface area (Å²) >= 11 is 0. The minimum Gasteiger partial charge on any atom is -0.394 e. The molecule has 0 aromatic carbocycles. The van der Waals surface area contributed by atoms with Gasteiger partial charge in [-0.2, -0.15) is 0 Å². The van der Waals surface area contributed by atoms with Crippen molar-refractivity contribution in [1.29, 1.82) is 0 Å². The average Bonchev–Trinajstić information content (AvgIpc) is 2.28. The lowest BCUT2D eigenvalue weighted by atomic mass is 9.77. The van der Waals surface area contributed by atoms with E-state index in [4.69, 9.17) is 0 Å². The van der Waals surface area contributed by atoms with E-state index >= 15 is 0 Å². The van der Waals surface area contributed by atoms with Crippen molar-refractivity contribution in [2.45, 2.75) is 31.3 Å².